The van der Waals surface area contributed by atoms with Gasteiger partial charge in [0.05, 0.1) is 0 Å². The fourth-order valence-corrected chi connectivity index (χ4v) is 1.63. The van der Waals surface area contributed by atoms with Gasteiger partial charge in [-0.25, -0.2) is 4.39 Å². The van der Waals surface area contributed by atoms with E-state index in [9.17, 15) is 4.39 Å². The second-order valence-electron chi connectivity index (χ2n) is 3.88. The van der Waals surface area contributed by atoms with E-state index in [2.05, 4.69) is 10.3 Å². The van der Waals surface area contributed by atoms with Crippen molar-refractivity contribution in [3.8, 4) is 0 Å². The highest BCUT2D eigenvalue weighted by molar-refractivity contribution is 5.20. The number of benzene rings is 1. The Kier molecular flexibility index (Phi) is 3.37. The van der Waals surface area contributed by atoms with Crippen LogP contribution in [0.4, 0.5) is 4.39 Å². The van der Waals surface area contributed by atoms with Crippen LogP contribution < -0.4 is 5.32 Å². The third-order valence-electron chi connectivity index (χ3n) is 2.62. The molecule has 2 N–H and O–H groups in total. The zero-order valence-electron chi connectivity index (χ0n) is 9.20. The fourth-order valence-electron chi connectivity index (χ4n) is 1.63. The first-order valence-electron chi connectivity index (χ1n) is 5.36. The predicted molar refractivity (Wildman–Crippen MR) is 62.4 cm³/mol. The summed E-state index contributed by atoms with van der Waals surface area (Å²) in [5, 5.41) is 3.34. The summed E-state index contributed by atoms with van der Waals surface area (Å²) in [5.41, 5.74) is 2.17. The van der Waals surface area contributed by atoms with Gasteiger partial charge in [-0.3, -0.25) is 0 Å². The van der Waals surface area contributed by atoms with Crippen LogP contribution in [0, 0.1) is 5.82 Å². The molecule has 2 rings (SSSR count). The van der Waals surface area contributed by atoms with Gasteiger partial charge in [-0.05, 0) is 36.2 Å². The quantitative estimate of drug-likeness (QED) is 0.811. The molecular formula is C13H15FN2. The smallest absolute Gasteiger partial charge is 0.123 e. The topological polar surface area (TPSA) is 27.8 Å². The summed E-state index contributed by atoms with van der Waals surface area (Å²) in [5.74, 6) is -0.187. The van der Waals surface area contributed by atoms with Gasteiger partial charge in [0.1, 0.15) is 5.82 Å². The number of nitrogens with one attached hydrogen (secondary N) is 2. The van der Waals surface area contributed by atoms with Crippen LogP contribution in [0.2, 0.25) is 0 Å². The zero-order valence-corrected chi connectivity index (χ0v) is 9.20. The average Bonchev–Trinajstić information content (AvgIpc) is 2.78. The minimum atomic E-state index is -0.187. The lowest BCUT2D eigenvalue weighted by molar-refractivity contribution is 0.565. The molecule has 1 unspecified atom stereocenters. The lowest BCUT2D eigenvalue weighted by Crippen LogP contribution is -2.17. The summed E-state index contributed by atoms with van der Waals surface area (Å²) < 4.78 is 13.0. The Hall–Kier alpha value is -1.61. The summed E-state index contributed by atoms with van der Waals surface area (Å²) in [4.78, 5) is 3.00. The Bertz CT molecular complexity index is 437. The van der Waals surface area contributed by atoms with E-state index in [1.54, 1.807) is 12.1 Å². The third kappa shape index (κ3) is 2.70. The normalized spacial score (nSPS) is 12.6. The largest absolute Gasteiger partial charge is 0.367 e. The molecule has 0 aliphatic heterocycles. The number of H-pyrrole nitrogens is 1. The maximum Gasteiger partial charge on any atom is 0.123 e. The van der Waals surface area contributed by atoms with Gasteiger partial charge in [-0.2, -0.15) is 0 Å². The average molecular weight is 218 g/mol. The summed E-state index contributed by atoms with van der Waals surface area (Å²) in [6.07, 6.45) is 3.84. The molecule has 1 aromatic heterocycles. The van der Waals surface area contributed by atoms with E-state index >= 15 is 0 Å². The van der Waals surface area contributed by atoms with Crippen LogP contribution in [0.3, 0.4) is 0 Å². The predicted octanol–water partition coefficient (Wildman–Crippen LogP) is 3.00. The van der Waals surface area contributed by atoms with Gasteiger partial charge < -0.3 is 10.3 Å². The molecule has 2 nitrogen and oxygen atoms in total. The standard InChI is InChI=1S/C13H15FN2/c1-10(12-3-2-4-13(14)7-12)16-9-11-5-6-15-8-11/h2-8,10,15-16H,9H2,1H3. The lowest BCUT2D eigenvalue weighted by atomic mass is 10.1. The summed E-state index contributed by atoms with van der Waals surface area (Å²) in [6, 6.07) is 8.85. The van der Waals surface area contributed by atoms with E-state index in [1.165, 1.54) is 11.6 Å². The Morgan fingerprint density at radius 2 is 2.25 bits per heavy atom. The molecule has 0 fully saturated rings. The SMILES string of the molecule is CC(NCc1cc[nH]c1)c1cccc(F)c1. The van der Waals surface area contributed by atoms with Crippen molar-refractivity contribution in [2.24, 2.45) is 0 Å². The fraction of sp³-hybridized carbons (Fsp3) is 0.231. The Morgan fingerprint density at radius 3 is 2.94 bits per heavy atom. The molecule has 1 atom stereocenters. The highest BCUT2D eigenvalue weighted by Crippen LogP contribution is 2.14. The van der Waals surface area contributed by atoms with Crippen molar-refractivity contribution in [3.63, 3.8) is 0 Å². The molecule has 0 bridgehead atoms. The first-order chi connectivity index (χ1) is 7.75. The third-order valence-corrected chi connectivity index (χ3v) is 2.62. The molecule has 0 aliphatic rings. The van der Waals surface area contributed by atoms with Crippen molar-refractivity contribution in [2.75, 3.05) is 0 Å². The highest BCUT2D eigenvalue weighted by atomic mass is 19.1. The van der Waals surface area contributed by atoms with E-state index in [1.807, 2.05) is 31.5 Å². The number of hydrogen-bond acceptors (Lipinski definition) is 1. The Balaban J connectivity index is 1.95. The second kappa shape index (κ2) is 4.94. The molecule has 84 valence electrons. The number of aromatic amines is 1. The summed E-state index contributed by atoms with van der Waals surface area (Å²) >= 11 is 0. The van der Waals surface area contributed by atoms with Gasteiger partial charge >= 0.3 is 0 Å². The van der Waals surface area contributed by atoms with Crippen molar-refractivity contribution < 1.29 is 4.39 Å². The van der Waals surface area contributed by atoms with E-state index in [0.717, 1.165) is 12.1 Å². The number of aromatic nitrogens is 1. The van der Waals surface area contributed by atoms with Gasteiger partial charge in [0.15, 0.2) is 0 Å². The minimum Gasteiger partial charge on any atom is -0.367 e. The highest BCUT2D eigenvalue weighted by Gasteiger charge is 2.05. The van der Waals surface area contributed by atoms with Crippen molar-refractivity contribution in [1.82, 2.24) is 10.3 Å². The van der Waals surface area contributed by atoms with Crippen molar-refractivity contribution >= 4 is 0 Å². The van der Waals surface area contributed by atoms with Crippen LogP contribution in [0.1, 0.15) is 24.1 Å². The van der Waals surface area contributed by atoms with E-state index < -0.39 is 0 Å². The molecule has 1 aromatic carbocycles. The van der Waals surface area contributed by atoms with Gasteiger partial charge in [0.25, 0.3) is 0 Å². The number of hydrogen-bond donors (Lipinski definition) is 2. The first kappa shape index (κ1) is 10.9. The molecule has 0 spiro atoms. The van der Waals surface area contributed by atoms with E-state index in [-0.39, 0.29) is 11.9 Å². The molecule has 16 heavy (non-hydrogen) atoms. The molecule has 1 heterocycles. The van der Waals surface area contributed by atoms with Gasteiger partial charge in [-0.15, -0.1) is 0 Å². The van der Waals surface area contributed by atoms with Crippen molar-refractivity contribution in [3.05, 3.63) is 59.7 Å². The van der Waals surface area contributed by atoms with Gasteiger partial charge in [0.2, 0.25) is 0 Å². The maximum absolute atomic E-state index is 13.0. The molecular weight excluding hydrogens is 203 g/mol. The van der Waals surface area contributed by atoms with Crippen LogP contribution in [-0.4, -0.2) is 4.98 Å². The molecule has 0 radical (unpaired) electrons. The molecule has 0 saturated heterocycles. The van der Waals surface area contributed by atoms with Gasteiger partial charge in [0, 0.05) is 25.0 Å². The number of halogens is 1. The monoisotopic (exact) mass is 218 g/mol. The van der Waals surface area contributed by atoms with Crippen LogP contribution in [0.15, 0.2) is 42.7 Å². The van der Waals surface area contributed by atoms with Crippen molar-refractivity contribution in [2.45, 2.75) is 19.5 Å². The minimum absolute atomic E-state index is 0.144. The Morgan fingerprint density at radius 1 is 1.38 bits per heavy atom. The van der Waals surface area contributed by atoms with Crippen LogP contribution in [0.5, 0.6) is 0 Å². The van der Waals surface area contributed by atoms with Gasteiger partial charge in [-0.1, -0.05) is 12.1 Å². The van der Waals surface area contributed by atoms with Crippen LogP contribution >= 0.6 is 0 Å². The molecule has 0 aliphatic carbocycles. The molecule has 0 saturated carbocycles. The molecule has 3 heteroatoms. The molecule has 2 aromatic rings. The van der Waals surface area contributed by atoms with E-state index in [4.69, 9.17) is 0 Å². The van der Waals surface area contributed by atoms with Crippen molar-refractivity contribution in [1.29, 1.82) is 0 Å². The summed E-state index contributed by atoms with van der Waals surface area (Å²) in [7, 11) is 0. The zero-order chi connectivity index (χ0) is 11.4. The first-order valence-corrected chi connectivity index (χ1v) is 5.36. The number of rotatable bonds is 4. The van der Waals surface area contributed by atoms with E-state index in [0.29, 0.717) is 0 Å². The Labute approximate surface area is 94.5 Å². The molecule has 0 amide bonds. The lowest BCUT2D eigenvalue weighted by Gasteiger charge is -2.13. The summed E-state index contributed by atoms with van der Waals surface area (Å²) in [6.45, 7) is 2.81. The second-order valence-corrected chi connectivity index (χ2v) is 3.88. The maximum atomic E-state index is 13.0. The van der Waals surface area contributed by atoms with Crippen LogP contribution in [0.25, 0.3) is 0 Å². The van der Waals surface area contributed by atoms with Crippen LogP contribution in [-0.2, 0) is 6.54 Å².